The van der Waals surface area contributed by atoms with Crippen molar-refractivity contribution in [1.82, 2.24) is 5.32 Å². The van der Waals surface area contributed by atoms with Crippen LogP contribution in [0.1, 0.15) is 43.3 Å². The summed E-state index contributed by atoms with van der Waals surface area (Å²) >= 11 is 1.78. The zero-order valence-corrected chi connectivity index (χ0v) is 12.4. The molecular formula is C16H20FNS. The van der Waals surface area contributed by atoms with Crippen LogP contribution in [0.2, 0.25) is 0 Å². The minimum atomic E-state index is -0.186. The topological polar surface area (TPSA) is 12.0 Å². The number of benzene rings is 1. The van der Waals surface area contributed by atoms with E-state index >= 15 is 0 Å². The molecule has 102 valence electrons. The smallest absolute Gasteiger partial charge is 0.123 e. The lowest BCUT2D eigenvalue weighted by molar-refractivity contribution is 0.379. The van der Waals surface area contributed by atoms with Gasteiger partial charge in [-0.1, -0.05) is 32.0 Å². The van der Waals surface area contributed by atoms with E-state index in [9.17, 15) is 4.39 Å². The zero-order valence-electron chi connectivity index (χ0n) is 11.6. The summed E-state index contributed by atoms with van der Waals surface area (Å²) in [5.74, 6) is 0.330. The molecule has 1 aromatic heterocycles. The van der Waals surface area contributed by atoms with Gasteiger partial charge in [0.1, 0.15) is 5.82 Å². The first-order valence-electron chi connectivity index (χ1n) is 6.63. The summed E-state index contributed by atoms with van der Waals surface area (Å²) in [5.41, 5.74) is 1.11. The molecule has 1 N–H and O–H groups in total. The average molecular weight is 277 g/mol. The molecule has 2 atom stereocenters. The van der Waals surface area contributed by atoms with Crippen LogP contribution in [-0.4, -0.2) is 0 Å². The number of nitrogens with one attached hydrogen (secondary N) is 1. The Hall–Kier alpha value is -1.19. The molecule has 2 aromatic rings. The molecule has 0 bridgehead atoms. The van der Waals surface area contributed by atoms with E-state index in [1.165, 1.54) is 17.0 Å². The molecule has 0 aliphatic heterocycles. The number of hydrogen-bond acceptors (Lipinski definition) is 2. The SMILES string of the molecule is CC(C)C(N[C@@H](C)c1ccc(F)cc1)c1cccs1. The standard InChI is InChI=1S/C16H20FNS/c1-11(2)16(15-5-4-10-19-15)18-12(3)13-6-8-14(17)9-7-13/h4-12,16,18H,1-3H3/t12-,16?/m0/s1. The molecule has 0 aliphatic carbocycles. The van der Waals surface area contributed by atoms with Crippen LogP contribution in [0.25, 0.3) is 0 Å². The van der Waals surface area contributed by atoms with Crippen LogP contribution in [-0.2, 0) is 0 Å². The maximum atomic E-state index is 12.9. The van der Waals surface area contributed by atoms with Crippen LogP contribution in [0, 0.1) is 11.7 Å². The summed E-state index contributed by atoms with van der Waals surface area (Å²) in [5, 5.41) is 5.75. The molecule has 1 aromatic carbocycles. The molecule has 0 spiro atoms. The molecule has 0 saturated carbocycles. The molecule has 0 aliphatic rings. The Morgan fingerprint density at radius 1 is 1.05 bits per heavy atom. The minimum absolute atomic E-state index is 0.186. The van der Waals surface area contributed by atoms with E-state index in [4.69, 9.17) is 0 Å². The Morgan fingerprint density at radius 2 is 1.74 bits per heavy atom. The second-order valence-corrected chi connectivity index (χ2v) is 6.16. The maximum absolute atomic E-state index is 12.9. The highest BCUT2D eigenvalue weighted by atomic mass is 32.1. The molecule has 1 heterocycles. The highest BCUT2D eigenvalue weighted by Crippen LogP contribution is 2.28. The van der Waals surface area contributed by atoms with Crippen molar-refractivity contribution >= 4 is 11.3 Å². The van der Waals surface area contributed by atoms with Gasteiger partial charge < -0.3 is 5.32 Å². The van der Waals surface area contributed by atoms with E-state index in [0.29, 0.717) is 12.0 Å². The highest BCUT2D eigenvalue weighted by Gasteiger charge is 2.19. The molecule has 0 radical (unpaired) electrons. The molecule has 1 unspecified atom stereocenters. The second-order valence-electron chi connectivity index (χ2n) is 5.18. The van der Waals surface area contributed by atoms with Crippen molar-refractivity contribution in [2.45, 2.75) is 32.9 Å². The third-order valence-corrected chi connectivity index (χ3v) is 4.27. The third kappa shape index (κ3) is 3.64. The minimum Gasteiger partial charge on any atom is -0.302 e. The van der Waals surface area contributed by atoms with Gasteiger partial charge in [-0.2, -0.15) is 0 Å². The Labute approximate surface area is 118 Å². The maximum Gasteiger partial charge on any atom is 0.123 e. The van der Waals surface area contributed by atoms with Gasteiger partial charge in [-0.05, 0) is 42.0 Å². The van der Waals surface area contributed by atoms with Gasteiger partial charge in [-0.3, -0.25) is 0 Å². The van der Waals surface area contributed by atoms with Gasteiger partial charge in [0.15, 0.2) is 0 Å². The van der Waals surface area contributed by atoms with Gasteiger partial charge in [0.05, 0.1) is 0 Å². The lowest BCUT2D eigenvalue weighted by Gasteiger charge is -2.26. The van der Waals surface area contributed by atoms with Gasteiger partial charge in [-0.25, -0.2) is 4.39 Å². The predicted molar refractivity (Wildman–Crippen MR) is 79.8 cm³/mol. The monoisotopic (exact) mass is 277 g/mol. The largest absolute Gasteiger partial charge is 0.302 e. The molecule has 19 heavy (non-hydrogen) atoms. The van der Waals surface area contributed by atoms with E-state index in [1.807, 2.05) is 12.1 Å². The fourth-order valence-corrected chi connectivity index (χ4v) is 3.15. The number of halogens is 1. The van der Waals surface area contributed by atoms with E-state index in [2.05, 4.69) is 43.6 Å². The molecular weight excluding hydrogens is 257 g/mol. The lowest BCUT2D eigenvalue weighted by atomic mass is 10.00. The fourth-order valence-electron chi connectivity index (χ4n) is 2.19. The molecule has 3 heteroatoms. The van der Waals surface area contributed by atoms with Crippen molar-refractivity contribution in [3.8, 4) is 0 Å². The van der Waals surface area contributed by atoms with Crippen LogP contribution in [0.5, 0.6) is 0 Å². The van der Waals surface area contributed by atoms with Gasteiger partial charge >= 0.3 is 0 Å². The van der Waals surface area contributed by atoms with Crippen molar-refractivity contribution in [3.63, 3.8) is 0 Å². The summed E-state index contributed by atoms with van der Waals surface area (Å²) in [4.78, 5) is 1.35. The Kier molecular flexibility index (Phi) is 4.72. The summed E-state index contributed by atoms with van der Waals surface area (Å²) in [6, 6.07) is 11.5. The predicted octanol–water partition coefficient (Wildman–Crippen LogP) is 4.94. The van der Waals surface area contributed by atoms with Crippen LogP contribution >= 0.6 is 11.3 Å². The molecule has 2 rings (SSSR count). The number of rotatable bonds is 5. The van der Waals surface area contributed by atoms with Crippen molar-refractivity contribution in [2.75, 3.05) is 0 Å². The van der Waals surface area contributed by atoms with Crippen molar-refractivity contribution in [2.24, 2.45) is 5.92 Å². The van der Waals surface area contributed by atoms with Crippen LogP contribution < -0.4 is 5.32 Å². The van der Waals surface area contributed by atoms with Gasteiger partial charge in [0, 0.05) is 17.0 Å². The first-order valence-corrected chi connectivity index (χ1v) is 7.51. The van der Waals surface area contributed by atoms with Crippen molar-refractivity contribution in [1.29, 1.82) is 0 Å². The van der Waals surface area contributed by atoms with Crippen molar-refractivity contribution in [3.05, 3.63) is 58.0 Å². The van der Waals surface area contributed by atoms with E-state index in [1.54, 1.807) is 11.3 Å². The van der Waals surface area contributed by atoms with Gasteiger partial charge in [0.25, 0.3) is 0 Å². The highest BCUT2D eigenvalue weighted by molar-refractivity contribution is 7.10. The van der Waals surface area contributed by atoms with Crippen LogP contribution in [0.4, 0.5) is 4.39 Å². The molecule has 0 amide bonds. The van der Waals surface area contributed by atoms with E-state index in [-0.39, 0.29) is 11.9 Å². The summed E-state index contributed by atoms with van der Waals surface area (Å²) in [6.07, 6.45) is 0. The molecule has 0 saturated heterocycles. The number of hydrogen-bond donors (Lipinski definition) is 1. The summed E-state index contributed by atoms with van der Waals surface area (Å²) < 4.78 is 12.9. The quantitative estimate of drug-likeness (QED) is 0.816. The first kappa shape index (κ1) is 14.2. The normalized spacial score (nSPS) is 14.6. The Balaban J connectivity index is 2.11. The first-order chi connectivity index (χ1) is 9.08. The fraction of sp³-hybridized carbons (Fsp3) is 0.375. The average Bonchev–Trinajstić information content (AvgIpc) is 2.89. The summed E-state index contributed by atoms with van der Waals surface area (Å²) in [6.45, 7) is 6.56. The van der Waals surface area contributed by atoms with Crippen LogP contribution in [0.15, 0.2) is 41.8 Å². The second kappa shape index (κ2) is 6.31. The van der Waals surface area contributed by atoms with Crippen LogP contribution in [0.3, 0.4) is 0 Å². The van der Waals surface area contributed by atoms with E-state index < -0.39 is 0 Å². The van der Waals surface area contributed by atoms with Gasteiger partial charge in [-0.15, -0.1) is 11.3 Å². The molecule has 0 fully saturated rings. The lowest BCUT2D eigenvalue weighted by Crippen LogP contribution is -2.27. The summed E-state index contributed by atoms with van der Waals surface area (Å²) in [7, 11) is 0. The third-order valence-electron chi connectivity index (χ3n) is 3.32. The van der Waals surface area contributed by atoms with Gasteiger partial charge in [0.2, 0.25) is 0 Å². The zero-order chi connectivity index (χ0) is 13.8. The molecule has 1 nitrogen and oxygen atoms in total. The Bertz CT molecular complexity index is 490. The van der Waals surface area contributed by atoms with Crippen molar-refractivity contribution < 1.29 is 4.39 Å². The van der Waals surface area contributed by atoms with E-state index in [0.717, 1.165) is 5.56 Å². The Morgan fingerprint density at radius 3 is 2.26 bits per heavy atom. The number of thiophene rings is 1.